The minimum absolute atomic E-state index is 0.375. The molecule has 1 aromatic rings. The molecule has 1 rings (SSSR count). The summed E-state index contributed by atoms with van der Waals surface area (Å²) in [5, 5.41) is 11.1. The molecule has 0 aliphatic carbocycles. The zero-order valence-corrected chi connectivity index (χ0v) is 9.43. The maximum atomic E-state index is 11.7. The molecule has 0 bridgehead atoms. The maximum Gasteiger partial charge on any atom is 0.251 e. The predicted octanol–water partition coefficient (Wildman–Crippen LogP) is 0.552. The van der Waals surface area contributed by atoms with E-state index in [0.717, 1.165) is 0 Å². The molecule has 0 aliphatic rings. The second-order valence-electron chi connectivity index (χ2n) is 3.53. The van der Waals surface area contributed by atoms with E-state index in [1.54, 1.807) is 19.1 Å². The van der Waals surface area contributed by atoms with Gasteiger partial charge in [-0.3, -0.25) is 9.59 Å². The van der Waals surface area contributed by atoms with Crippen molar-refractivity contribution in [1.82, 2.24) is 5.32 Å². The second-order valence-corrected chi connectivity index (χ2v) is 3.53. The number of carbonyl (C=O) groups is 2. The number of rotatable bonds is 4. The van der Waals surface area contributed by atoms with Crippen LogP contribution in [0, 0.1) is 11.3 Å². The lowest BCUT2D eigenvalue weighted by Crippen LogP contribution is -2.43. The van der Waals surface area contributed by atoms with Crippen molar-refractivity contribution in [3.8, 4) is 6.07 Å². The zero-order chi connectivity index (χ0) is 12.8. The van der Waals surface area contributed by atoms with E-state index in [2.05, 4.69) is 5.32 Å². The van der Waals surface area contributed by atoms with Gasteiger partial charge in [0.1, 0.15) is 6.04 Å². The Morgan fingerprint density at radius 1 is 1.41 bits per heavy atom. The molecule has 0 heterocycles. The molecule has 0 saturated carbocycles. The van der Waals surface area contributed by atoms with Gasteiger partial charge in [0.05, 0.1) is 11.6 Å². The molecule has 0 radical (unpaired) electrons. The van der Waals surface area contributed by atoms with Crippen LogP contribution in [0.1, 0.15) is 29.3 Å². The molecule has 3 N–H and O–H groups in total. The molecular formula is C12H13N3O2. The van der Waals surface area contributed by atoms with E-state index in [4.69, 9.17) is 11.0 Å². The van der Waals surface area contributed by atoms with Crippen molar-refractivity contribution >= 4 is 11.8 Å². The van der Waals surface area contributed by atoms with Gasteiger partial charge in [-0.05, 0) is 30.7 Å². The lowest BCUT2D eigenvalue weighted by atomic mass is 10.1. The van der Waals surface area contributed by atoms with Crippen LogP contribution in [0.4, 0.5) is 0 Å². The Labute approximate surface area is 99.2 Å². The standard InChI is InChI=1S/C12H13N3O2/c1-2-10(11(14)16)15-12(17)9-5-3-8(7-13)4-6-9/h3-6,10H,2H2,1H3,(H2,14,16)(H,15,17)/t10-/m1/s1. The normalized spacial score (nSPS) is 11.3. The van der Waals surface area contributed by atoms with Crippen molar-refractivity contribution in [2.24, 2.45) is 5.73 Å². The molecule has 0 aromatic heterocycles. The molecule has 0 spiro atoms. The van der Waals surface area contributed by atoms with Gasteiger partial charge in [0, 0.05) is 5.56 Å². The largest absolute Gasteiger partial charge is 0.368 e. The van der Waals surface area contributed by atoms with Crippen molar-refractivity contribution < 1.29 is 9.59 Å². The molecular weight excluding hydrogens is 218 g/mol. The number of nitrogens with one attached hydrogen (secondary N) is 1. The quantitative estimate of drug-likeness (QED) is 0.792. The van der Waals surface area contributed by atoms with E-state index in [1.165, 1.54) is 12.1 Å². The highest BCUT2D eigenvalue weighted by atomic mass is 16.2. The number of carbonyl (C=O) groups excluding carboxylic acids is 2. The van der Waals surface area contributed by atoms with Gasteiger partial charge in [-0.15, -0.1) is 0 Å². The summed E-state index contributed by atoms with van der Waals surface area (Å²) in [6.45, 7) is 1.76. The Hall–Kier alpha value is -2.35. The first-order valence-corrected chi connectivity index (χ1v) is 5.18. The molecule has 2 amide bonds. The SMILES string of the molecule is CC[C@@H](NC(=O)c1ccc(C#N)cc1)C(N)=O. The number of amides is 2. The minimum Gasteiger partial charge on any atom is -0.368 e. The van der Waals surface area contributed by atoms with Gasteiger partial charge < -0.3 is 11.1 Å². The Bertz CT molecular complexity index is 460. The van der Waals surface area contributed by atoms with E-state index in [9.17, 15) is 9.59 Å². The molecule has 0 fully saturated rings. The van der Waals surface area contributed by atoms with Crippen LogP contribution in [-0.4, -0.2) is 17.9 Å². The van der Waals surface area contributed by atoms with Crippen molar-refractivity contribution in [2.75, 3.05) is 0 Å². The van der Waals surface area contributed by atoms with Gasteiger partial charge in [-0.2, -0.15) is 5.26 Å². The van der Waals surface area contributed by atoms with E-state index >= 15 is 0 Å². The van der Waals surface area contributed by atoms with E-state index < -0.39 is 11.9 Å². The second kappa shape index (κ2) is 5.66. The summed E-state index contributed by atoms with van der Waals surface area (Å²) >= 11 is 0. The van der Waals surface area contributed by atoms with E-state index in [1.807, 2.05) is 6.07 Å². The Balaban J connectivity index is 2.76. The molecule has 0 unspecified atom stereocenters. The maximum absolute atomic E-state index is 11.7. The number of nitrogens with two attached hydrogens (primary N) is 1. The summed E-state index contributed by atoms with van der Waals surface area (Å²) in [5.74, 6) is -0.936. The minimum atomic E-state index is -0.668. The highest BCUT2D eigenvalue weighted by Crippen LogP contribution is 2.04. The van der Waals surface area contributed by atoms with Gasteiger partial charge >= 0.3 is 0 Å². The van der Waals surface area contributed by atoms with Gasteiger partial charge in [0.25, 0.3) is 5.91 Å². The molecule has 0 saturated heterocycles. The monoisotopic (exact) mass is 231 g/mol. The highest BCUT2D eigenvalue weighted by molar-refractivity contribution is 5.97. The Kier molecular flexibility index (Phi) is 4.23. The van der Waals surface area contributed by atoms with Gasteiger partial charge in [-0.25, -0.2) is 0 Å². The van der Waals surface area contributed by atoms with Crippen molar-refractivity contribution in [1.29, 1.82) is 5.26 Å². The first-order chi connectivity index (χ1) is 8.08. The number of hydrogen-bond donors (Lipinski definition) is 2. The average molecular weight is 231 g/mol. The third-order valence-electron chi connectivity index (χ3n) is 2.33. The molecule has 5 heteroatoms. The summed E-state index contributed by atoms with van der Waals surface area (Å²) in [5.41, 5.74) is 5.99. The highest BCUT2D eigenvalue weighted by Gasteiger charge is 2.16. The van der Waals surface area contributed by atoms with Crippen LogP contribution in [-0.2, 0) is 4.79 Å². The summed E-state index contributed by atoms with van der Waals surface area (Å²) in [7, 11) is 0. The van der Waals surface area contributed by atoms with Gasteiger partial charge in [0.15, 0.2) is 0 Å². The predicted molar refractivity (Wildman–Crippen MR) is 61.9 cm³/mol. The third-order valence-corrected chi connectivity index (χ3v) is 2.33. The van der Waals surface area contributed by atoms with Crippen LogP contribution in [0.15, 0.2) is 24.3 Å². The first-order valence-electron chi connectivity index (χ1n) is 5.18. The molecule has 1 aromatic carbocycles. The van der Waals surface area contributed by atoms with Gasteiger partial charge in [-0.1, -0.05) is 6.92 Å². The average Bonchev–Trinajstić information content (AvgIpc) is 2.35. The lowest BCUT2D eigenvalue weighted by molar-refractivity contribution is -0.119. The van der Waals surface area contributed by atoms with Crippen LogP contribution in [0.2, 0.25) is 0 Å². The Morgan fingerprint density at radius 3 is 2.41 bits per heavy atom. The smallest absolute Gasteiger partial charge is 0.251 e. The Morgan fingerprint density at radius 2 is 2.00 bits per heavy atom. The third kappa shape index (κ3) is 3.31. The topological polar surface area (TPSA) is 96.0 Å². The van der Waals surface area contributed by atoms with E-state index in [0.29, 0.717) is 17.5 Å². The fourth-order valence-electron chi connectivity index (χ4n) is 1.31. The number of primary amides is 1. The molecule has 17 heavy (non-hydrogen) atoms. The molecule has 88 valence electrons. The number of benzene rings is 1. The van der Waals surface area contributed by atoms with Crippen LogP contribution >= 0.6 is 0 Å². The summed E-state index contributed by atoms with van der Waals surface area (Å²) in [6, 6.07) is 7.43. The fraction of sp³-hybridized carbons (Fsp3) is 0.250. The van der Waals surface area contributed by atoms with Gasteiger partial charge in [0.2, 0.25) is 5.91 Å². The molecule has 5 nitrogen and oxygen atoms in total. The van der Waals surface area contributed by atoms with Crippen LogP contribution in [0.5, 0.6) is 0 Å². The zero-order valence-electron chi connectivity index (χ0n) is 9.43. The van der Waals surface area contributed by atoms with Crippen LogP contribution in [0.3, 0.4) is 0 Å². The molecule has 1 atom stereocenters. The lowest BCUT2D eigenvalue weighted by Gasteiger charge is -2.12. The van der Waals surface area contributed by atoms with Crippen molar-refractivity contribution in [3.05, 3.63) is 35.4 Å². The summed E-state index contributed by atoms with van der Waals surface area (Å²) in [6.07, 6.45) is 0.442. The van der Waals surface area contributed by atoms with Crippen molar-refractivity contribution in [2.45, 2.75) is 19.4 Å². The fourth-order valence-corrected chi connectivity index (χ4v) is 1.31. The van der Waals surface area contributed by atoms with Crippen molar-refractivity contribution in [3.63, 3.8) is 0 Å². The molecule has 0 aliphatic heterocycles. The number of hydrogen-bond acceptors (Lipinski definition) is 3. The van der Waals surface area contributed by atoms with Crippen LogP contribution in [0.25, 0.3) is 0 Å². The summed E-state index contributed by atoms with van der Waals surface area (Å²) < 4.78 is 0. The summed E-state index contributed by atoms with van der Waals surface area (Å²) in [4.78, 5) is 22.7. The number of nitrogens with zero attached hydrogens (tertiary/aromatic N) is 1. The van der Waals surface area contributed by atoms with Crippen LogP contribution < -0.4 is 11.1 Å². The first kappa shape index (κ1) is 12.7. The number of nitriles is 1. The van der Waals surface area contributed by atoms with E-state index in [-0.39, 0.29) is 5.91 Å².